The molecule has 0 radical (unpaired) electrons. The summed E-state index contributed by atoms with van der Waals surface area (Å²) in [4.78, 5) is 12.7. The molecule has 0 saturated heterocycles. The number of para-hydroxylation sites is 2. The highest BCUT2D eigenvalue weighted by atomic mass is 32.2. The molecule has 0 bridgehead atoms. The smallest absolute Gasteiger partial charge is 0.277 e. The van der Waals surface area contributed by atoms with E-state index in [1.165, 1.54) is 11.8 Å². The second-order valence-corrected chi connectivity index (χ2v) is 8.16. The van der Waals surface area contributed by atoms with E-state index < -0.39 is 6.10 Å². The molecule has 0 amide bonds. The number of aromatic nitrogens is 3. The molecule has 0 saturated carbocycles. The number of thioether (sulfide) groups is 1. The molecule has 152 valence electrons. The Morgan fingerprint density at radius 1 is 1.24 bits per heavy atom. The number of fused-ring (bicyclic) bond motifs is 1. The standard InChI is InChI=1S/C21H23N3O4S/c1-12(2)24-13(3)9-15(14(24)4)16(25)11-29-21-23-22-20(28-21)19-10-26-17-7-5-6-8-18(17)27-19/h5-9,12,19H,10-11H2,1-4H3/t19-/m0/s1. The van der Waals surface area contributed by atoms with Gasteiger partial charge < -0.3 is 18.5 Å². The molecule has 0 spiro atoms. The molecule has 4 rings (SSSR count). The van der Waals surface area contributed by atoms with Crippen LogP contribution in [0.5, 0.6) is 11.5 Å². The van der Waals surface area contributed by atoms with Gasteiger partial charge in [-0.1, -0.05) is 23.9 Å². The number of hydrogen-bond acceptors (Lipinski definition) is 7. The summed E-state index contributed by atoms with van der Waals surface area (Å²) in [6.45, 7) is 8.51. The van der Waals surface area contributed by atoms with Crippen LogP contribution in [0, 0.1) is 13.8 Å². The minimum absolute atomic E-state index is 0.0425. The third-order valence-electron chi connectivity index (χ3n) is 4.83. The van der Waals surface area contributed by atoms with Gasteiger partial charge >= 0.3 is 0 Å². The maximum Gasteiger partial charge on any atom is 0.277 e. The van der Waals surface area contributed by atoms with Crippen LogP contribution in [0.25, 0.3) is 0 Å². The monoisotopic (exact) mass is 413 g/mol. The number of ketones is 1. The minimum atomic E-state index is -0.465. The van der Waals surface area contributed by atoms with Crippen LogP contribution in [0.3, 0.4) is 0 Å². The second-order valence-electron chi connectivity index (χ2n) is 7.23. The van der Waals surface area contributed by atoms with Crippen LogP contribution in [-0.4, -0.2) is 32.9 Å². The number of nitrogens with zero attached hydrogens (tertiary/aromatic N) is 3. The van der Waals surface area contributed by atoms with E-state index in [1.54, 1.807) is 0 Å². The van der Waals surface area contributed by atoms with Crippen LogP contribution >= 0.6 is 11.8 Å². The van der Waals surface area contributed by atoms with E-state index in [0.717, 1.165) is 17.0 Å². The number of rotatable bonds is 6. The van der Waals surface area contributed by atoms with Crippen LogP contribution in [0.15, 0.2) is 40.0 Å². The van der Waals surface area contributed by atoms with Crippen molar-refractivity contribution in [2.45, 2.75) is 45.1 Å². The Morgan fingerprint density at radius 3 is 2.72 bits per heavy atom. The molecule has 3 aromatic rings. The lowest BCUT2D eigenvalue weighted by atomic mass is 10.2. The summed E-state index contributed by atoms with van der Waals surface area (Å²) in [5.41, 5.74) is 2.81. The lowest BCUT2D eigenvalue weighted by Gasteiger charge is -2.23. The topological polar surface area (TPSA) is 79.4 Å². The summed E-state index contributed by atoms with van der Waals surface area (Å²) < 4.78 is 19.4. The summed E-state index contributed by atoms with van der Waals surface area (Å²) in [7, 11) is 0. The van der Waals surface area contributed by atoms with Gasteiger partial charge in [-0.05, 0) is 45.9 Å². The molecular weight excluding hydrogens is 390 g/mol. The molecule has 7 nitrogen and oxygen atoms in total. The average molecular weight is 413 g/mol. The molecule has 0 fully saturated rings. The second kappa shape index (κ2) is 7.94. The van der Waals surface area contributed by atoms with Crippen LogP contribution < -0.4 is 9.47 Å². The third kappa shape index (κ3) is 3.89. The van der Waals surface area contributed by atoms with Crippen LogP contribution in [-0.2, 0) is 0 Å². The fourth-order valence-corrected chi connectivity index (χ4v) is 4.26. The van der Waals surface area contributed by atoms with E-state index in [4.69, 9.17) is 13.9 Å². The van der Waals surface area contributed by atoms with E-state index in [-0.39, 0.29) is 11.5 Å². The van der Waals surface area contributed by atoms with E-state index in [0.29, 0.717) is 35.3 Å². The molecular formula is C21H23N3O4S. The van der Waals surface area contributed by atoms with Crippen LogP contribution in [0.2, 0.25) is 0 Å². The van der Waals surface area contributed by atoms with Crippen LogP contribution in [0.4, 0.5) is 0 Å². The van der Waals surface area contributed by atoms with Crippen LogP contribution in [0.1, 0.15) is 53.6 Å². The molecule has 0 aliphatic carbocycles. The highest BCUT2D eigenvalue weighted by molar-refractivity contribution is 7.99. The van der Waals surface area contributed by atoms with E-state index >= 15 is 0 Å². The summed E-state index contributed by atoms with van der Waals surface area (Å²) in [5, 5.41) is 8.45. The van der Waals surface area contributed by atoms with Crippen molar-refractivity contribution in [2.75, 3.05) is 12.4 Å². The first-order valence-electron chi connectivity index (χ1n) is 9.50. The van der Waals surface area contributed by atoms with E-state index in [2.05, 4.69) is 28.6 Å². The Labute approximate surface area is 173 Å². The van der Waals surface area contributed by atoms with Gasteiger partial charge in [-0.25, -0.2) is 0 Å². The fourth-order valence-electron chi connectivity index (χ4n) is 3.61. The number of aryl methyl sites for hydroxylation is 1. The quantitative estimate of drug-likeness (QED) is 0.433. The van der Waals surface area contributed by atoms with Gasteiger partial charge in [0.15, 0.2) is 17.3 Å². The largest absolute Gasteiger partial charge is 0.485 e. The molecule has 0 unspecified atom stereocenters. The molecule has 1 aliphatic heterocycles. The fraction of sp³-hybridized carbons (Fsp3) is 0.381. The van der Waals surface area contributed by atoms with Gasteiger partial charge in [0.25, 0.3) is 11.1 Å². The van der Waals surface area contributed by atoms with Gasteiger partial charge in [0.05, 0.1) is 5.75 Å². The Bertz CT molecular complexity index is 1040. The predicted octanol–water partition coefficient (Wildman–Crippen LogP) is 4.56. The lowest BCUT2D eigenvalue weighted by Crippen LogP contribution is -2.21. The summed E-state index contributed by atoms with van der Waals surface area (Å²) in [5.74, 6) is 1.96. The lowest BCUT2D eigenvalue weighted by molar-refractivity contribution is 0.0686. The Morgan fingerprint density at radius 2 is 2.00 bits per heavy atom. The van der Waals surface area contributed by atoms with Crippen molar-refractivity contribution in [3.05, 3.63) is 53.2 Å². The van der Waals surface area contributed by atoms with Crippen molar-refractivity contribution in [3.8, 4) is 11.5 Å². The first kappa shape index (κ1) is 19.6. The molecule has 0 N–H and O–H groups in total. The minimum Gasteiger partial charge on any atom is -0.485 e. The van der Waals surface area contributed by atoms with Gasteiger partial charge in [-0.3, -0.25) is 4.79 Å². The highest BCUT2D eigenvalue weighted by Gasteiger charge is 2.27. The van der Waals surface area contributed by atoms with Crippen molar-refractivity contribution < 1.29 is 18.7 Å². The Balaban J connectivity index is 1.40. The van der Waals surface area contributed by atoms with Crippen molar-refractivity contribution in [1.29, 1.82) is 0 Å². The third-order valence-corrected chi connectivity index (χ3v) is 5.65. The summed E-state index contributed by atoms with van der Waals surface area (Å²) in [6, 6.07) is 9.71. The van der Waals surface area contributed by atoms with Crippen molar-refractivity contribution >= 4 is 17.5 Å². The zero-order valence-electron chi connectivity index (χ0n) is 16.8. The maximum absolute atomic E-state index is 12.7. The number of hydrogen-bond donors (Lipinski definition) is 0. The number of benzene rings is 1. The SMILES string of the molecule is Cc1cc(C(=O)CSc2nnc([C@@H]3COc4ccccc4O3)o2)c(C)n1C(C)C. The highest BCUT2D eigenvalue weighted by Crippen LogP contribution is 2.36. The molecule has 1 aliphatic rings. The maximum atomic E-state index is 12.7. The van der Waals surface area contributed by atoms with Gasteiger partial charge in [-0.15, -0.1) is 10.2 Å². The van der Waals surface area contributed by atoms with Gasteiger partial charge in [-0.2, -0.15) is 0 Å². The normalized spacial score (nSPS) is 15.7. The number of carbonyl (C=O) groups is 1. The molecule has 29 heavy (non-hydrogen) atoms. The molecule has 3 heterocycles. The van der Waals surface area contributed by atoms with Gasteiger partial charge in [0.2, 0.25) is 6.10 Å². The van der Waals surface area contributed by atoms with Gasteiger partial charge in [0, 0.05) is 23.0 Å². The van der Waals surface area contributed by atoms with Crippen molar-refractivity contribution in [2.24, 2.45) is 0 Å². The number of carbonyl (C=O) groups excluding carboxylic acids is 1. The first-order chi connectivity index (χ1) is 13.9. The first-order valence-corrected chi connectivity index (χ1v) is 10.5. The molecule has 2 aromatic heterocycles. The molecule has 1 atom stereocenters. The van der Waals surface area contributed by atoms with Crippen molar-refractivity contribution in [1.82, 2.24) is 14.8 Å². The Kier molecular flexibility index (Phi) is 5.36. The number of Topliss-reactive ketones (excluding diaryl/α,β-unsaturated/α-hetero) is 1. The zero-order valence-corrected chi connectivity index (χ0v) is 17.7. The van der Waals surface area contributed by atoms with Gasteiger partial charge in [0.1, 0.15) is 6.61 Å². The molecule has 8 heteroatoms. The summed E-state index contributed by atoms with van der Waals surface area (Å²) in [6.07, 6.45) is -0.465. The van der Waals surface area contributed by atoms with E-state index in [1.807, 2.05) is 44.2 Å². The predicted molar refractivity (Wildman–Crippen MR) is 109 cm³/mol. The average Bonchev–Trinajstić information content (AvgIpc) is 3.30. The summed E-state index contributed by atoms with van der Waals surface area (Å²) >= 11 is 1.23. The number of ether oxygens (including phenoxy) is 2. The van der Waals surface area contributed by atoms with E-state index in [9.17, 15) is 4.79 Å². The zero-order chi connectivity index (χ0) is 20.5. The Hall–Kier alpha value is -2.74. The molecule has 1 aromatic carbocycles. The van der Waals surface area contributed by atoms with Crippen molar-refractivity contribution in [3.63, 3.8) is 0 Å².